The molecule has 1 aromatic rings. The van der Waals surface area contributed by atoms with Crippen LogP contribution in [0.4, 0.5) is 5.69 Å². The molecular formula is C32H41NO3. The molecule has 1 amide bonds. The number of carbonyl (C=O) groups is 2. The highest BCUT2D eigenvalue weighted by molar-refractivity contribution is 5.97. The van der Waals surface area contributed by atoms with Crippen LogP contribution in [0.5, 0.6) is 0 Å². The Hall–Kier alpha value is -1.84. The molecule has 1 N–H and O–H groups in total. The first-order valence-electron chi connectivity index (χ1n) is 15.0. The van der Waals surface area contributed by atoms with E-state index in [1.807, 2.05) is 0 Å². The van der Waals surface area contributed by atoms with Gasteiger partial charge in [-0.05, 0) is 129 Å². The van der Waals surface area contributed by atoms with Crippen molar-refractivity contribution in [1.82, 2.24) is 0 Å². The molecule has 7 aliphatic rings. The maximum absolute atomic E-state index is 13.9. The summed E-state index contributed by atoms with van der Waals surface area (Å²) in [4.78, 5) is 28.8. The van der Waals surface area contributed by atoms with E-state index < -0.39 is 11.4 Å². The van der Waals surface area contributed by atoms with E-state index >= 15 is 0 Å². The van der Waals surface area contributed by atoms with Gasteiger partial charge in [0.1, 0.15) is 0 Å². The molecule has 6 aliphatic carbocycles. The van der Waals surface area contributed by atoms with Gasteiger partial charge in [0.2, 0.25) is 5.91 Å². The van der Waals surface area contributed by atoms with Crippen molar-refractivity contribution in [3.63, 3.8) is 0 Å². The maximum Gasteiger partial charge on any atom is 0.309 e. The number of fused-ring (bicyclic) bond motifs is 6. The molecule has 1 aromatic carbocycles. The second-order valence-electron chi connectivity index (χ2n) is 14.6. The Bertz CT molecular complexity index is 1130. The van der Waals surface area contributed by atoms with Crippen LogP contribution in [0.1, 0.15) is 89.0 Å². The molecule has 0 radical (unpaired) electrons. The Balaban J connectivity index is 1.09. The quantitative estimate of drug-likeness (QED) is 0.532. The number of para-hydroxylation sites is 1. The zero-order chi connectivity index (χ0) is 24.3. The molecule has 9 atom stereocenters. The van der Waals surface area contributed by atoms with E-state index in [0.29, 0.717) is 29.1 Å². The minimum absolute atomic E-state index is 0.178. The van der Waals surface area contributed by atoms with Gasteiger partial charge >= 0.3 is 5.97 Å². The molecule has 4 heteroatoms. The highest BCUT2D eigenvalue weighted by atomic mass is 16.4. The summed E-state index contributed by atoms with van der Waals surface area (Å²) < 4.78 is 0. The van der Waals surface area contributed by atoms with Crippen LogP contribution < -0.4 is 4.90 Å². The van der Waals surface area contributed by atoms with Gasteiger partial charge in [-0.15, -0.1) is 0 Å². The lowest BCUT2D eigenvalue weighted by Crippen LogP contribution is -2.46. The highest BCUT2D eigenvalue weighted by Crippen LogP contribution is 2.77. The predicted octanol–water partition coefficient (Wildman–Crippen LogP) is 6.47. The summed E-state index contributed by atoms with van der Waals surface area (Å²) >= 11 is 0. The molecule has 8 rings (SSSR count). The third-order valence-electron chi connectivity index (χ3n) is 13.2. The smallest absolute Gasteiger partial charge is 0.309 e. The van der Waals surface area contributed by atoms with Gasteiger partial charge in [-0.25, -0.2) is 0 Å². The largest absolute Gasteiger partial charge is 0.481 e. The van der Waals surface area contributed by atoms with Crippen molar-refractivity contribution in [2.45, 2.75) is 89.9 Å². The van der Waals surface area contributed by atoms with Gasteiger partial charge in [-0.2, -0.15) is 0 Å². The van der Waals surface area contributed by atoms with Crippen LogP contribution in [0.15, 0.2) is 24.3 Å². The number of carbonyl (C=O) groups excluding carboxylic acids is 1. The van der Waals surface area contributed by atoms with Crippen LogP contribution in [0, 0.1) is 51.8 Å². The summed E-state index contributed by atoms with van der Waals surface area (Å²) in [7, 11) is 0. The van der Waals surface area contributed by atoms with Gasteiger partial charge in [-0.3, -0.25) is 9.59 Å². The van der Waals surface area contributed by atoms with E-state index in [9.17, 15) is 14.7 Å². The molecule has 9 unspecified atom stereocenters. The monoisotopic (exact) mass is 487 g/mol. The number of nitrogens with zero attached hydrogens (tertiary/aromatic N) is 1. The number of anilines is 1. The first-order valence-corrected chi connectivity index (χ1v) is 15.0. The number of hydrogen-bond donors (Lipinski definition) is 1. The zero-order valence-electron chi connectivity index (χ0n) is 21.6. The Morgan fingerprint density at radius 3 is 2.56 bits per heavy atom. The predicted molar refractivity (Wildman–Crippen MR) is 138 cm³/mol. The second kappa shape index (κ2) is 7.38. The van der Waals surface area contributed by atoms with Gasteiger partial charge in [0.25, 0.3) is 0 Å². The van der Waals surface area contributed by atoms with Crippen molar-refractivity contribution in [1.29, 1.82) is 0 Å². The van der Waals surface area contributed by atoms with E-state index in [2.05, 4.69) is 29.2 Å². The summed E-state index contributed by atoms with van der Waals surface area (Å²) in [6, 6.07) is 8.48. The third-order valence-corrected chi connectivity index (χ3v) is 13.2. The lowest BCUT2D eigenvalue weighted by Gasteiger charge is -2.55. The molecule has 6 fully saturated rings. The SMILES string of the molecule is O=C(C1CC2CC3CC(C45CC6CCCC(C(=O)O)(C4)C(C6)C5)(C2)CC3C1)N1CCc2ccccc21. The van der Waals surface area contributed by atoms with Gasteiger partial charge in [-0.1, -0.05) is 31.0 Å². The van der Waals surface area contributed by atoms with Gasteiger partial charge in [0, 0.05) is 18.2 Å². The molecule has 0 spiro atoms. The minimum atomic E-state index is -0.476. The van der Waals surface area contributed by atoms with Crippen molar-refractivity contribution >= 4 is 17.6 Å². The number of benzene rings is 1. The summed E-state index contributed by atoms with van der Waals surface area (Å²) in [5.74, 6) is 3.35. The average Bonchev–Trinajstić information content (AvgIpc) is 3.41. The van der Waals surface area contributed by atoms with E-state index in [0.717, 1.165) is 62.6 Å². The molecule has 0 aromatic heterocycles. The average molecular weight is 488 g/mol. The molecular weight excluding hydrogens is 446 g/mol. The lowest BCUT2D eigenvalue weighted by atomic mass is 9.50. The van der Waals surface area contributed by atoms with Crippen LogP contribution in [-0.4, -0.2) is 23.5 Å². The van der Waals surface area contributed by atoms with Crippen LogP contribution in [0.3, 0.4) is 0 Å². The Morgan fingerprint density at radius 2 is 1.69 bits per heavy atom. The molecule has 36 heavy (non-hydrogen) atoms. The fourth-order valence-corrected chi connectivity index (χ4v) is 12.1. The molecule has 6 saturated carbocycles. The van der Waals surface area contributed by atoms with Crippen LogP contribution in [-0.2, 0) is 16.0 Å². The van der Waals surface area contributed by atoms with Gasteiger partial charge < -0.3 is 10.0 Å². The van der Waals surface area contributed by atoms with Crippen molar-refractivity contribution in [3.05, 3.63) is 29.8 Å². The summed E-state index contributed by atoms with van der Waals surface area (Å²) in [6.45, 7) is 0.848. The number of carboxylic acids is 1. The van der Waals surface area contributed by atoms with Crippen LogP contribution >= 0.6 is 0 Å². The van der Waals surface area contributed by atoms with Crippen LogP contribution in [0.25, 0.3) is 0 Å². The molecule has 1 aliphatic heterocycles. The number of rotatable bonds is 3. The van der Waals surface area contributed by atoms with Crippen molar-refractivity contribution in [2.75, 3.05) is 11.4 Å². The fraction of sp³-hybridized carbons (Fsp3) is 0.750. The number of amides is 1. The molecule has 4 nitrogen and oxygen atoms in total. The van der Waals surface area contributed by atoms with E-state index in [1.54, 1.807) is 0 Å². The number of carboxylic acid groups (broad SMARTS) is 1. The zero-order valence-corrected chi connectivity index (χ0v) is 21.6. The summed E-state index contributed by atoms with van der Waals surface area (Å²) in [6.07, 6.45) is 16.3. The second-order valence-corrected chi connectivity index (χ2v) is 14.6. The van der Waals surface area contributed by atoms with Crippen molar-refractivity contribution in [2.24, 2.45) is 51.8 Å². The Kier molecular flexibility index (Phi) is 4.55. The molecule has 0 saturated heterocycles. The third kappa shape index (κ3) is 2.82. The topological polar surface area (TPSA) is 57.6 Å². The minimum Gasteiger partial charge on any atom is -0.481 e. The van der Waals surface area contributed by atoms with Crippen LogP contribution in [0.2, 0.25) is 0 Å². The Labute approximate surface area is 215 Å². The van der Waals surface area contributed by atoms with Gasteiger partial charge in [0.05, 0.1) is 5.41 Å². The summed E-state index contributed by atoms with van der Waals surface area (Å²) in [5.41, 5.74) is 2.65. The van der Waals surface area contributed by atoms with E-state index in [1.165, 1.54) is 56.9 Å². The lowest BCUT2D eigenvalue weighted by molar-refractivity contribution is -0.152. The molecule has 6 bridgehead atoms. The van der Waals surface area contributed by atoms with Gasteiger partial charge in [0.15, 0.2) is 0 Å². The summed E-state index contributed by atoms with van der Waals surface area (Å²) in [5, 5.41) is 10.5. The molecule has 1 heterocycles. The fourth-order valence-electron chi connectivity index (χ4n) is 12.1. The first-order chi connectivity index (χ1) is 17.4. The van der Waals surface area contributed by atoms with Crippen molar-refractivity contribution in [3.8, 4) is 0 Å². The molecule has 192 valence electrons. The normalized spacial score (nSPS) is 48.1. The standard InChI is InChI=1S/C32H41NO3/c34-28(33-9-7-22-5-1-2-6-27(22)33)23-10-21-11-24-16-30(15-21,17-25(24)13-23)31-14-20-4-3-8-32(19-31,29(35)36)26(12-20)18-31/h1-2,5-6,20-21,23-26H,3-4,7-19H2,(H,35,36). The number of hydrogen-bond acceptors (Lipinski definition) is 2. The number of aliphatic carboxylic acids is 1. The van der Waals surface area contributed by atoms with E-state index in [-0.39, 0.29) is 11.3 Å². The maximum atomic E-state index is 13.9. The van der Waals surface area contributed by atoms with Crippen molar-refractivity contribution < 1.29 is 14.7 Å². The highest BCUT2D eigenvalue weighted by Gasteiger charge is 2.71. The Morgan fingerprint density at radius 1 is 0.889 bits per heavy atom. The van der Waals surface area contributed by atoms with E-state index in [4.69, 9.17) is 0 Å². The first kappa shape index (κ1) is 22.2.